The summed E-state index contributed by atoms with van der Waals surface area (Å²) in [5.41, 5.74) is 1.94. The van der Waals surface area contributed by atoms with Gasteiger partial charge < -0.3 is 10.1 Å². The second kappa shape index (κ2) is 5.30. The number of methoxy groups -OCH3 is 1. The van der Waals surface area contributed by atoms with E-state index in [2.05, 4.69) is 20.3 Å². The summed E-state index contributed by atoms with van der Waals surface area (Å²) in [6.45, 7) is 6.62. The van der Waals surface area contributed by atoms with E-state index in [0.29, 0.717) is 18.4 Å². The van der Waals surface area contributed by atoms with Gasteiger partial charge in [-0.15, -0.1) is 11.3 Å². The SMILES string of the molecule is COc1cc(C)nc(NCc2sc(C)nc2C)n1. The van der Waals surface area contributed by atoms with Crippen LogP contribution in [0.3, 0.4) is 0 Å². The topological polar surface area (TPSA) is 59.9 Å². The maximum absolute atomic E-state index is 5.11. The molecule has 1 N–H and O–H groups in total. The van der Waals surface area contributed by atoms with Crippen LogP contribution in [0.4, 0.5) is 5.95 Å². The highest BCUT2D eigenvalue weighted by molar-refractivity contribution is 7.11. The molecule has 0 bridgehead atoms. The third-order valence-corrected chi connectivity index (χ3v) is 3.52. The van der Waals surface area contributed by atoms with Crippen molar-refractivity contribution in [1.82, 2.24) is 15.0 Å². The zero-order valence-corrected chi connectivity index (χ0v) is 11.8. The standard InChI is InChI=1S/C12H16N4OS/c1-7-5-11(17-4)16-12(14-7)13-6-10-8(2)15-9(3)18-10/h5H,6H2,1-4H3,(H,13,14,16). The fraction of sp³-hybridized carbons (Fsp3) is 0.417. The Hall–Kier alpha value is -1.69. The van der Waals surface area contributed by atoms with Gasteiger partial charge in [0.15, 0.2) is 0 Å². The Morgan fingerprint density at radius 2 is 2.00 bits per heavy atom. The number of thiazole rings is 1. The highest BCUT2D eigenvalue weighted by Gasteiger charge is 2.06. The molecule has 0 saturated heterocycles. The number of aromatic nitrogens is 3. The number of ether oxygens (including phenoxy) is 1. The Balaban J connectivity index is 2.10. The van der Waals surface area contributed by atoms with E-state index in [1.807, 2.05) is 20.8 Å². The van der Waals surface area contributed by atoms with Gasteiger partial charge >= 0.3 is 0 Å². The van der Waals surface area contributed by atoms with E-state index >= 15 is 0 Å². The van der Waals surface area contributed by atoms with Crippen LogP contribution >= 0.6 is 11.3 Å². The van der Waals surface area contributed by atoms with Crippen LogP contribution in [0, 0.1) is 20.8 Å². The third-order valence-electron chi connectivity index (χ3n) is 2.45. The van der Waals surface area contributed by atoms with Crippen molar-refractivity contribution in [1.29, 1.82) is 0 Å². The molecule has 0 amide bonds. The van der Waals surface area contributed by atoms with E-state index in [-0.39, 0.29) is 0 Å². The minimum Gasteiger partial charge on any atom is -0.481 e. The molecule has 2 aromatic heterocycles. The van der Waals surface area contributed by atoms with Crippen LogP contribution in [0.15, 0.2) is 6.07 Å². The lowest BCUT2D eigenvalue weighted by atomic mass is 10.4. The summed E-state index contributed by atoms with van der Waals surface area (Å²) in [7, 11) is 1.60. The Bertz CT molecular complexity index is 553. The van der Waals surface area contributed by atoms with Crippen LogP contribution in [0.5, 0.6) is 5.88 Å². The Kier molecular flexibility index (Phi) is 3.76. The van der Waals surface area contributed by atoms with Crippen molar-refractivity contribution >= 4 is 17.3 Å². The predicted molar refractivity (Wildman–Crippen MR) is 72.2 cm³/mol. The highest BCUT2D eigenvalue weighted by Crippen LogP contribution is 2.18. The van der Waals surface area contributed by atoms with Crippen molar-refractivity contribution in [2.24, 2.45) is 0 Å². The maximum Gasteiger partial charge on any atom is 0.226 e. The summed E-state index contributed by atoms with van der Waals surface area (Å²) in [5, 5.41) is 4.27. The number of rotatable bonds is 4. The maximum atomic E-state index is 5.11. The predicted octanol–water partition coefficient (Wildman–Crippen LogP) is 2.48. The first-order valence-corrected chi connectivity index (χ1v) is 6.46. The van der Waals surface area contributed by atoms with Gasteiger partial charge in [0.05, 0.1) is 24.4 Å². The van der Waals surface area contributed by atoms with Crippen LogP contribution < -0.4 is 10.1 Å². The number of hydrogen-bond donors (Lipinski definition) is 1. The van der Waals surface area contributed by atoms with Crippen molar-refractivity contribution < 1.29 is 4.74 Å². The lowest BCUT2D eigenvalue weighted by molar-refractivity contribution is 0.397. The average molecular weight is 264 g/mol. The molecule has 0 aliphatic rings. The van der Waals surface area contributed by atoms with E-state index in [1.54, 1.807) is 24.5 Å². The third kappa shape index (κ3) is 2.95. The highest BCUT2D eigenvalue weighted by atomic mass is 32.1. The zero-order valence-electron chi connectivity index (χ0n) is 10.9. The molecule has 0 saturated carbocycles. The first-order valence-electron chi connectivity index (χ1n) is 5.65. The number of anilines is 1. The van der Waals surface area contributed by atoms with Gasteiger partial charge in [0.2, 0.25) is 11.8 Å². The Morgan fingerprint density at radius 1 is 1.22 bits per heavy atom. The lowest BCUT2D eigenvalue weighted by Gasteiger charge is -2.06. The van der Waals surface area contributed by atoms with Crippen molar-refractivity contribution in [2.75, 3.05) is 12.4 Å². The lowest BCUT2D eigenvalue weighted by Crippen LogP contribution is -2.05. The van der Waals surface area contributed by atoms with E-state index in [0.717, 1.165) is 16.4 Å². The monoisotopic (exact) mass is 264 g/mol. The zero-order chi connectivity index (χ0) is 13.1. The largest absolute Gasteiger partial charge is 0.481 e. The quantitative estimate of drug-likeness (QED) is 0.919. The first kappa shape index (κ1) is 12.8. The molecule has 0 unspecified atom stereocenters. The van der Waals surface area contributed by atoms with E-state index in [1.165, 1.54) is 4.88 Å². The summed E-state index contributed by atoms with van der Waals surface area (Å²) in [4.78, 5) is 14.2. The van der Waals surface area contributed by atoms with Crippen LogP contribution in [-0.2, 0) is 6.54 Å². The summed E-state index contributed by atoms with van der Waals surface area (Å²) in [5.74, 6) is 1.15. The minimum atomic E-state index is 0.571. The van der Waals surface area contributed by atoms with E-state index in [4.69, 9.17) is 4.74 Å². The average Bonchev–Trinajstić information content (AvgIpc) is 2.64. The molecule has 0 fully saturated rings. The molecule has 0 atom stereocenters. The van der Waals surface area contributed by atoms with Crippen LogP contribution in [0.25, 0.3) is 0 Å². The smallest absolute Gasteiger partial charge is 0.226 e. The first-order chi connectivity index (χ1) is 8.58. The molecule has 0 aromatic carbocycles. The number of nitrogens with zero attached hydrogens (tertiary/aromatic N) is 3. The summed E-state index contributed by atoms with van der Waals surface area (Å²) in [6, 6.07) is 1.80. The van der Waals surface area contributed by atoms with Crippen LogP contribution in [0.2, 0.25) is 0 Å². The number of aryl methyl sites for hydroxylation is 3. The molecule has 6 heteroatoms. The molecule has 0 aliphatic carbocycles. The van der Waals surface area contributed by atoms with Crippen molar-refractivity contribution in [2.45, 2.75) is 27.3 Å². The molecular formula is C12H16N4OS. The molecule has 0 spiro atoms. The van der Waals surface area contributed by atoms with Gasteiger partial charge in [-0.25, -0.2) is 9.97 Å². The van der Waals surface area contributed by atoms with Gasteiger partial charge in [-0.1, -0.05) is 0 Å². The molecule has 0 aliphatic heterocycles. The number of nitrogens with one attached hydrogen (secondary N) is 1. The van der Waals surface area contributed by atoms with E-state index in [9.17, 15) is 0 Å². The summed E-state index contributed by atoms with van der Waals surface area (Å²) >= 11 is 1.69. The fourth-order valence-corrected chi connectivity index (χ4v) is 2.50. The van der Waals surface area contributed by atoms with Crippen molar-refractivity contribution in [3.63, 3.8) is 0 Å². The van der Waals surface area contributed by atoms with Gasteiger partial charge in [0, 0.05) is 16.6 Å². The summed E-state index contributed by atoms with van der Waals surface area (Å²) < 4.78 is 5.11. The molecule has 18 heavy (non-hydrogen) atoms. The van der Waals surface area contributed by atoms with Gasteiger partial charge in [-0.2, -0.15) is 4.98 Å². The normalized spacial score (nSPS) is 10.4. The van der Waals surface area contributed by atoms with Gasteiger partial charge in [-0.05, 0) is 20.8 Å². The molecule has 5 nitrogen and oxygen atoms in total. The Morgan fingerprint density at radius 3 is 2.61 bits per heavy atom. The van der Waals surface area contributed by atoms with Gasteiger partial charge in [0.1, 0.15) is 0 Å². The van der Waals surface area contributed by atoms with Crippen LogP contribution in [-0.4, -0.2) is 22.1 Å². The molecule has 2 heterocycles. The van der Waals surface area contributed by atoms with Gasteiger partial charge in [0.25, 0.3) is 0 Å². The molecule has 96 valence electrons. The van der Waals surface area contributed by atoms with E-state index < -0.39 is 0 Å². The molecule has 0 radical (unpaired) electrons. The fourth-order valence-electron chi connectivity index (χ4n) is 1.62. The summed E-state index contributed by atoms with van der Waals surface area (Å²) in [6.07, 6.45) is 0. The molecule has 2 rings (SSSR count). The van der Waals surface area contributed by atoms with Crippen molar-refractivity contribution in [3.05, 3.63) is 27.3 Å². The Labute approximate surface area is 110 Å². The van der Waals surface area contributed by atoms with Crippen molar-refractivity contribution in [3.8, 4) is 5.88 Å². The second-order valence-electron chi connectivity index (χ2n) is 3.97. The van der Waals surface area contributed by atoms with Crippen LogP contribution in [0.1, 0.15) is 21.3 Å². The van der Waals surface area contributed by atoms with Gasteiger partial charge in [-0.3, -0.25) is 0 Å². The number of hydrogen-bond acceptors (Lipinski definition) is 6. The molecular weight excluding hydrogens is 248 g/mol. The molecule has 2 aromatic rings. The minimum absolute atomic E-state index is 0.571. The second-order valence-corrected chi connectivity index (χ2v) is 5.26.